The number of carbonyl (C=O) groups is 1. The van der Waals surface area contributed by atoms with Crippen LogP contribution in [0.15, 0.2) is 24.3 Å². The molecule has 1 unspecified atom stereocenters. The molecule has 1 atom stereocenters. The average molecular weight is 257 g/mol. The zero-order valence-corrected chi connectivity index (χ0v) is 11.0. The number of nitriles is 2. The first-order valence-electron chi connectivity index (χ1n) is 5.84. The fourth-order valence-electron chi connectivity index (χ4n) is 1.39. The lowest BCUT2D eigenvalue weighted by Crippen LogP contribution is -2.38. The SMILES string of the molecule is CC(CC#N)N(C)C(=O)COc1ccc(C#N)cc1. The second-order valence-electron chi connectivity index (χ2n) is 4.14. The largest absolute Gasteiger partial charge is 0.484 e. The number of rotatable bonds is 5. The van der Waals surface area contributed by atoms with E-state index in [2.05, 4.69) is 0 Å². The molecule has 1 aromatic rings. The highest BCUT2D eigenvalue weighted by molar-refractivity contribution is 5.77. The van der Waals surface area contributed by atoms with Crippen LogP contribution in [0.5, 0.6) is 5.75 Å². The first-order valence-corrected chi connectivity index (χ1v) is 5.84. The predicted octanol–water partition coefficient (Wildman–Crippen LogP) is 1.70. The fraction of sp³-hybridized carbons (Fsp3) is 0.357. The van der Waals surface area contributed by atoms with Crippen molar-refractivity contribution >= 4 is 5.91 Å². The molecule has 0 bridgehead atoms. The Morgan fingerprint density at radius 2 is 2.00 bits per heavy atom. The lowest BCUT2D eigenvalue weighted by atomic mass is 10.2. The zero-order valence-electron chi connectivity index (χ0n) is 11.0. The van der Waals surface area contributed by atoms with Gasteiger partial charge in [0.05, 0.1) is 24.1 Å². The summed E-state index contributed by atoms with van der Waals surface area (Å²) in [5, 5.41) is 17.2. The number of likely N-dealkylation sites (N-methyl/N-ethyl adjacent to an activating group) is 1. The van der Waals surface area contributed by atoms with Crippen molar-refractivity contribution in [3.05, 3.63) is 29.8 Å². The van der Waals surface area contributed by atoms with Crippen LogP contribution in [-0.2, 0) is 4.79 Å². The van der Waals surface area contributed by atoms with Gasteiger partial charge in [0.25, 0.3) is 5.91 Å². The summed E-state index contributed by atoms with van der Waals surface area (Å²) < 4.78 is 5.33. The summed E-state index contributed by atoms with van der Waals surface area (Å²) in [7, 11) is 1.65. The number of carbonyl (C=O) groups excluding carboxylic acids is 1. The summed E-state index contributed by atoms with van der Waals surface area (Å²) in [4.78, 5) is 13.3. The molecule has 1 aromatic carbocycles. The van der Waals surface area contributed by atoms with Crippen LogP contribution in [0.1, 0.15) is 18.9 Å². The van der Waals surface area contributed by atoms with Crippen molar-refractivity contribution in [2.45, 2.75) is 19.4 Å². The topological polar surface area (TPSA) is 77.1 Å². The summed E-state index contributed by atoms with van der Waals surface area (Å²) in [5.41, 5.74) is 0.540. The molecule has 0 saturated heterocycles. The molecule has 19 heavy (non-hydrogen) atoms. The molecule has 0 fully saturated rings. The Balaban J connectivity index is 2.50. The first kappa shape index (κ1) is 14.5. The predicted molar refractivity (Wildman–Crippen MR) is 69.1 cm³/mol. The third-order valence-electron chi connectivity index (χ3n) is 2.79. The Morgan fingerprint density at radius 1 is 1.37 bits per heavy atom. The minimum Gasteiger partial charge on any atom is -0.484 e. The second kappa shape index (κ2) is 7.03. The van der Waals surface area contributed by atoms with Gasteiger partial charge in [0.1, 0.15) is 5.75 Å². The number of benzene rings is 1. The van der Waals surface area contributed by atoms with Crippen molar-refractivity contribution in [1.29, 1.82) is 10.5 Å². The van der Waals surface area contributed by atoms with Crippen LogP contribution in [0.2, 0.25) is 0 Å². The van der Waals surface area contributed by atoms with Crippen LogP contribution in [0.4, 0.5) is 0 Å². The van der Waals surface area contributed by atoms with Crippen LogP contribution in [-0.4, -0.2) is 30.5 Å². The smallest absolute Gasteiger partial charge is 0.260 e. The minimum absolute atomic E-state index is 0.0851. The van der Waals surface area contributed by atoms with Gasteiger partial charge in [-0.2, -0.15) is 10.5 Å². The average Bonchev–Trinajstić information content (AvgIpc) is 2.44. The van der Waals surface area contributed by atoms with Crippen LogP contribution >= 0.6 is 0 Å². The van der Waals surface area contributed by atoms with E-state index in [1.54, 1.807) is 31.3 Å². The summed E-state index contributed by atoms with van der Waals surface area (Å²) in [6.07, 6.45) is 0.291. The highest BCUT2D eigenvalue weighted by Crippen LogP contribution is 2.12. The van der Waals surface area contributed by atoms with E-state index < -0.39 is 0 Å². The fourth-order valence-corrected chi connectivity index (χ4v) is 1.39. The lowest BCUT2D eigenvalue weighted by Gasteiger charge is -2.22. The third-order valence-corrected chi connectivity index (χ3v) is 2.79. The molecule has 0 aliphatic heterocycles. The van der Waals surface area contributed by atoms with Gasteiger partial charge in [0.2, 0.25) is 0 Å². The van der Waals surface area contributed by atoms with Crippen molar-refractivity contribution in [3.63, 3.8) is 0 Å². The van der Waals surface area contributed by atoms with Gasteiger partial charge in [-0.15, -0.1) is 0 Å². The number of nitrogens with zero attached hydrogens (tertiary/aromatic N) is 3. The van der Waals surface area contributed by atoms with Crippen molar-refractivity contribution in [2.75, 3.05) is 13.7 Å². The van der Waals surface area contributed by atoms with Gasteiger partial charge < -0.3 is 9.64 Å². The summed E-state index contributed by atoms with van der Waals surface area (Å²) in [5.74, 6) is 0.348. The van der Waals surface area contributed by atoms with Crippen LogP contribution in [0.3, 0.4) is 0 Å². The van der Waals surface area contributed by atoms with Crippen molar-refractivity contribution in [2.24, 2.45) is 0 Å². The standard InChI is InChI=1S/C14H15N3O2/c1-11(7-8-15)17(2)14(18)10-19-13-5-3-12(9-16)4-6-13/h3-6,11H,7,10H2,1-2H3. The van der Waals surface area contributed by atoms with Crippen LogP contribution < -0.4 is 4.74 Å². The highest BCUT2D eigenvalue weighted by Gasteiger charge is 2.15. The molecule has 0 N–H and O–H groups in total. The maximum atomic E-state index is 11.8. The second-order valence-corrected chi connectivity index (χ2v) is 4.14. The quantitative estimate of drug-likeness (QED) is 0.804. The Bertz CT molecular complexity index is 511. The molecule has 0 radical (unpaired) electrons. The van der Waals surface area contributed by atoms with Crippen LogP contribution in [0, 0.1) is 22.7 Å². The van der Waals surface area contributed by atoms with Gasteiger partial charge in [0.15, 0.2) is 6.61 Å². The van der Waals surface area contributed by atoms with Gasteiger partial charge in [-0.25, -0.2) is 0 Å². The number of ether oxygens (including phenoxy) is 1. The van der Waals surface area contributed by atoms with Gasteiger partial charge in [-0.3, -0.25) is 4.79 Å². The molecule has 5 heteroatoms. The van der Waals surface area contributed by atoms with Crippen LogP contribution in [0.25, 0.3) is 0 Å². The van der Waals surface area contributed by atoms with E-state index in [0.29, 0.717) is 17.7 Å². The van der Waals surface area contributed by atoms with E-state index in [-0.39, 0.29) is 18.6 Å². The van der Waals surface area contributed by atoms with Crippen molar-refractivity contribution in [3.8, 4) is 17.9 Å². The summed E-state index contributed by atoms with van der Waals surface area (Å²) >= 11 is 0. The molecule has 0 aliphatic rings. The molecule has 98 valence electrons. The van der Waals surface area contributed by atoms with Crippen molar-refractivity contribution in [1.82, 2.24) is 4.90 Å². The lowest BCUT2D eigenvalue weighted by molar-refractivity contribution is -0.133. The zero-order chi connectivity index (χ0) is 14.3. The van der Waals surface area contributed by atoms with E-state index >= 15 is 0 Å². The van der Waals surface area contributed by atoms with E-state index in [4.69, 9.17) is 15.3 Å². The summed E-state index contributed by atoms with van der Waals surface area (Å²) in [6.45, 7) is 1.72. The molecule has 0 saturated carbocycles. The minimum atomic E-state index is -0.188. The maximum absolute atomic E-state index is 11.8. The Labute approximate surface area is 112 Å². The van der Waals surface area contributed by atoms with E-state index in [1.807, 2.05) is 19.1 Å². The molecule has 0 spiro atoms. The number of hydrogen-bond acceptors (Lipinski definition) is 4. The molecule has 1 rings (SSSR count). The monoisotopic (exact) mass is 257 g/mol. The molecule has 1 amide bonds. The molecule has 0 heterocycles. The van der Waals surface area contributed by atoms with Gasteiger partial charge in [-0.05, 0) is 31.2 Å². The molecule has 0 aliphatic carbocycles. The van der Waals surface area contributed by atoms with E-state index in [0.717, 1.165) is 0 Å². The van der Waals surface area contributed by atoms with Gasteiger partial charge >= 0.3 is 0 Å². The number of hydrogen-bond donors (Lipinski definition) is 0. The Morgan fingerprint density at radius 3 is 2.53 bits per heavy atom. The van der Waals surface area contributed by atoms with E-state index in [1.165, 1.54) is 4.90 Å². The first-order chi connectivity index (χ1) is 9.08. The Hall–Kier alpha value is -2.53. The van der Waals surface area contributed by atoms with Gasteiger partial charge in [-0.1, -0.05) is 0 Å². The molecular formula is C14H15N3O2. The summed E-state index contributed by atoms with van der Waals surface area (Å²) in [6, 6.07) is 10.4. The molecule has 5 nitrogen and oxygen atoms in total. The number of amides is 1. The van der Waals surface area contributed by atoms with Crippen molar-refractivity contribution < 1.29 is 9.53 Å². The molecule has 0 aromatic heterocycles. The molecular weight excluding hydrogens is 242 g/mol. The third kappa shape index (κ3) is 4.33. The van der Waals surface area contributed by atoms with Gasteiger partial charge in [0, 0.05) is 13.1 Å². The normalized spacial score (nSPS) is 10.9. The maximum Gasteiger partial charge on any atom is 0.260 e. The van der Waals surface area contributed by atoms with E-state index in [9.17, 15) is 4.79 Å². The Kier molecular flexibility index (Phi) is 5.37. The highest BCUT2D eigenvalue weighted by atomic mass is 16.5.